The smallest absolute Gasteiger partial charge is 0.336 e. The molecule has 264 valence electrons. The Morgan fingerprint density at radius 2 is 0.729 bits per heavy atom. The molecule has 3 saturated carbocycles. The van der Waals surface area contributed by atoms with Crippen LogP contribution < -0.4 is 17.1 Å². The fraction of sp³-hybridized carbons (Fsp3) is 0.833. The van der Waals surface area contributed by atoms with Crippen LogP contribution in [0.1, 0.15) is 120 Å². The fourth-order valence-electron chi connectivity index (χ4n) is 10.7. The predicted octanol–water partition coefficient (Wildman–Crippen LogP) is 5.42. The number of nitriles is 3. The van der Waals surface area contributed by atoms with Crippen LogP contribution in [0.25, 0.3) is 0 Å². The summed E-state index contributed by atoms with van der Waals surface area (Å²) in [6.07, 6.45) is 9.94. The highest BCUT2D eigenvalue weighted by atomic mass is 16.5. The Morgan fingerprint density at radius 1 is 0.500 bits per heavy atom. The maximum atomic E-state index is 14.4. The molecule has 0 spiro atoms. The van der Waals surface area contributed by atoms with Crippen LogP contribution in [0.5, 0.6) is 0 Å². The quantitative estimate of drug-likeness (QED) is 0.313. The highest BCUT2D eigenvalue weighted by molar-refractivity contribution is 4.98. The van der Waals surface area contributed by atoms with E-state index in [4.69, 9.17) is 14.2 Å². The molecule has 0 bridgehead atoms. The minimum atomic E-state index is -0.661. The molecule has 12 heteroatoms. The summed E-state index contributed by atoms with van der Waals surface area (Å²) in [7, 11) is 0. The van der Waals surface area contributed by atoms with Gasteiger partial charge in [-0.25, -0.2) is 28.1 Å². The normalized spacial score (nSPS) is 33.8. The van der Waals surface area contributed by atoms with Gasteiger partial charge in [0.2, 0.25) is 0 Å². The van der Waals surface area contributed by atoms with E-state index in [-0.39, 0.29) is 54.2 Å². The Balaban J connectivity index is 1.86. The van der Waals surface area contributed by atoms with E-state index in [2.05, 4.69) is 41.5 Å². The van der Waals surface area contributed by atoms with Crippen molar-refractivity contribution in [2.75, 3.05) is 0 Å². The van der Waals surface area contributed by atoms with E-state index in [1.54, 1.807) is 0 Å². The van der Waals surface area contributed by atoms with Crippen LogP contribution in [0.15, 0.2) is 14.4 Å². The second-order valence-corrected chi connectivity index (χ2v) is 18.8. The standard InChI is InChI=1S/C36H54N6O6/c1-31(2)10-25(46-22-37)13-34(7,16-31)19-40-28(43)41(20-35(8)14-26(47-23-38)11-32(3,4)17-35)30(45)42(29(40)44)21-36(9)15-27(48-24-39)12-33(5,6)18-36/h25-27H,10-21H2,1-9H3. The lowest BCUT2D eigenvalue weighted by molar-refractivity contribution is -0.0262. The third kappa shape index (κ3) is 8.46. The first-order chi connectivity index (χ1) is 22.1. The van der Waals surface area contributed by atoms with Gasteiger partial charge in [0.15, 0.2) is 0 Å². The molecule has 3 aliphatic rings. The zero-order chi connectivity index (χ0) is 35.9. The molecule has 3 fully saturated rings. The van der Waals surface area contributed by atoms with E-state index in [0.29, 0.717) is 57.8 Å². The van der Waals surface area contributed by atoms with Gasteiger partial charge in [-0.05, 0) is 90.3 Å². The molecular weight excluding hydrogens is 612 g/mol. The van der Waals surface area contributed by atoms with Crippen molar-refractivity contribution in [2.24, 2.45) is 32.5 Å². The molecule has 0 amide bonds. The summed E-state index contributed by atoms with van der Waals surface area (Å²) < 4.78 is 19.9. The Hall–Kier alpha value is -3.72. The molecule has 0 aromatic carbocycles. The van der Waals surface area contributed by atoms with E-state index in [1.807, 2.05) is 39.5 Å². The number of hydrogen-bond acceptors (Lipinski definition) is 9. The van der Waals surface area contributed by atoms with Crippen LogP contribution in [-0.4, -0.2) is 32.0 Å². The molecule has 6 atom stereocenters. The molecule has 1 heterocycles. The summed E-state index contributed by atoms with van der Waals surface area (Å²) in [5.74, 6) is 0. The third-order valence-corrected chi connectivity index (χ3v) is 10.9. The van der Waals surface area contributed by atoms with Gasteiger partial charge >= 0.3 is 17.1 Å². The van der Waals surface area contributed by atoms with Gasteiger partial charge in [0.05, 0.1) is 0 Å². The lowest BCUT2D eigenvalue weighted by atomic mass is 9.63. The van der Waals surface area contributed by atoms with E-state index in [1.165, 1.54) is 13.7 Å². The van der Waals surface area contributed by atoms with Crippen molar-refractivity contribution in [3.8, 4) is 18.8 Å². The molecule has 0 N–H and O–H groups in total. The topological polar surface area (TPSA) is 165 Å². The fourth-order valence-corrected chi connectivity index (χ4v) is 10.7. The minimum Gasteiger partial charge on any atom is -0.424 e. The van der Waals surface area contributed by atoms with Gasteiger partial charge in [0.25, 0.3) is 18.8 Å². The van der Waals surface area contributed by atoms with Crippen molar-refractivity contribution in [2.45, 2.75) is 158 Å². The second-order valence-electron chi connectivity index (χ2n) is 18.8. The molecule has 1 aromatic rings. The molecule has 3 aliphatic carbocycles. The van der Waals surface area contributed by atoms with Crippen molar-refractivity contribution in [3.63, 3.8) is 0 Å². The molecule has 4 rings (SSSR count). The molecule has 12 nitrogen and oxygen atoms in total. The lowest BCUT2D eigenvalue weighted by Gasteiger charge is -2.46. The highest BCUT2D eigenvalue weighted by Gasteiger charge is 2.47. The summed E-state index contributed by atoms with van der Waals surface area (Å²) >= 11 is 0. The van der Waals surface area contributed by atoms with E-state index < -0.39 is 33.3 Å². The van der Waals surface area contributed by atoms with Crippen LogP contribution in [-0.2, 0) is 33.8 Å². The van der Waals surface area contributed by atoms with Gasteiger partial charge in [-0.1, -0.05) is 62.3 Å². The molecular formula is C36H54N6O6. The van der Waals surface area contributed by atoms with Gasteiger partial charge in [-0.3, -0.25) is 0 Å². The monoisotopic (exact) mass is 666 g/mol. The average Bonchev–Trinajstić information content (AvgIpc) is 2.89. The van der Waals surface area contributed by atoms with Crippen molar-refractivity contribution >= 4 is 0 Å². The van der Waals surface area contributed by atoms with E-state index in [0.717, 1.165) is 0 Å². The maximum absolute atomic E-state index is 14.4. The van der Waals surface area contributed by atoms with Gasteiger partial charge in [-0.2, -0.15) is 15.8 Å². The van der Waals surface area contributed by atoms with Gasteiger partial charge in [-0.15, -0.1) is 0 Å². The predicted molar refractivity (Wildman–Crippen MR) is 178 cm³/mol. The summed E-state index contributed by atoms with van der Waals surface area (Å²) in [6, 6.07) is 0. The number of nitrogens with zero attached hydrogens (tertiary/aromatic N) is 6. The molecule has 6 unspecified atom stereocenters. The van der Waals surface area contributed by atoms with Crippen molar-refractivity contribution in [1.29, 1.82) is 15.8 Å². The number of rotatable bonds is 9. The second kappa shape index (κ2) is 13.0. The van der Waals surface area contributed by atoms with Gasteiger partial charge in [0, 0.05) is 19.6 Å². The van der Waals surface area contributed by atoms with Crippen molar-refractivity contribution in [1.82, 2.24) is 13.7 Å². The summed E-state index contributed by atoms with van der Waals surface area (Å²) in [5.41, 5.74) is -4.33. The van der Waals surface area contributed by atoms with Gasteiger partial charge < -0.3 is 14.2 Å². The number of hydrogen-bond donors (Lipinski definition) is 0. The van der Waals surface area contributed by atoms with Crippen molar-refractivity contribution in [3.05, 3.63) is 31.5 Å². The summed E-state index contributed by atoms with van der Waals surface area (Å²) in [4.78, 5) is 43.3. The Labute approximate surface area is 284 Å². The first kappa shape index (κ1) is 37.1. The largest absolute Gasteiger partial charge is 0.424 e. The maximum Gasteiger partial charge on any atom is 0.336 e. The third-order valence-electron chi connectivity index (χ3n) is 10.9. The molecule has 0 radical (unpaired) electrons. The van der Waals surface area contributed by atoms with Gasteiger partial charge in [0.1, 0.15) is 18.3 Å². The van der Waals surface area contributed by atoms with E-state index in [9.17, 15) is 30.2 Å². The number of aromatic nitrogens is 3. The number of ether oxygens (including phenoxy) is 3. The molecule has 1 aromatic heterocycles. The lowest BCUT2D eigenvalue weighted by Crippen LogP contribution is -2.59. The first-order valence-electron chi connectivity index (χ1n) is 17.1. The van der Waals surface area contributed by atoms with Crippen molar-refractivity contribution < 1.29 is 14.2 Å². The van der Waals surface area contributed by atoms with Crippen LogP contribution in [0.2, 0.25) is 0 Å². The summed E-state index contributed by atoms with van der Waals surface area (Å²) in [5, 5.41) is 27.9. The minimum absolute atomic E-state index is 0.0599. The average molecular weight is 667 g/mol. The molecule has 0 saturated heterocycles. The zero-order valence-electron chi connectivity index (χ0n) is 30.4. The Morgan fingerprint density at radius 3 is 0.938 bits per heavy atom. The SMILES string of the molecule is CC1(C)CC(OC#N)CC(C)(Cn2c(=O)n(CC3(C)CC(OC#N)CC(C)(C)C3)c(=O)n(CC3(C)CC(OC#N)CC(C)(C)C3)c2=O)C1. The van der Waals surface area contributed by atoms with Crippen LogP contribution in [0, 0.1) is 67.0 Å². The van der Waals surface area contributed by atoms with Crippen LogP contribution in [0.3, 0.4) is 0 Å². The highest BCUT2D eigenvalue weighted by Crippen LogP contribution is 2.50. The summed E-state index contributed by atoms with van der Waals surface area (Å²) in [6.45, 7) is 18.8. The zero-order valence-corrected chi connectivity index (χ0v) is 30.4. The van der Waals surface area contributed by atoms with E-state index >= 15 is 0 Å². The molecule has 48 heavy (non-hydrogen) atoms. The molecule has 0 aliphatic heterocycles. The Bertz CT molecular complexity index is 1460. The van der Waals surface area contributed by atoms with Crippen LogP contribution in [0.4, 0.5) is 0 Å². The Kier molecular flexibility index (Phi) is 10.0. The van der Waals surface area contributed by atoms with Crippen LogP contribution >= 0.6 is 0 Å². The first-order valence-corrected chi connectivity index (χ1v) is 17.1.